The summed E-state index contributed by atoms with van der Waals surface area (Å²) in [5.74, 6) is 0.705. The molecular weight excluding hydrogens is 346 g/mol. The number of aryl methyl sites for hydroxylation is 1. The van der Waals surface area contributed by atoms with E-state index in [4.69, 9.17) is 0 Å². The third-order valence-corrected chi connectivity index (χ3v) is 7.08. The van der Waals surface area contributed by atoms with Crippen LogP contribution in [0.5, 0.6) is 0 Å². The number of nitrogens with zero attached hydrogens (tertiary/aromatic N) is 3. The molecule has 0 saturated carbocycles. The third-order valence-electron chi connectivity index (χ3n) is 7.08. The van der Waals surface area contributed by atoms with Crippen LogP contribution in [0.15, 0.2) is 30.3 Å². The van der Waals surface area contributed by atoms with Crippen LogP contribution in [-0.4, -0.2) is 72.5 Å². The molecule has 0 aliphatic carbocycles. The van der Waals surface area contributed by atoms with Crippen molar-refractivity contribution in [3.63, 3.8) is 0 Å². The van der Waals surface area contributed by atoms with Gasteiger partial charge in [-0.2, -0.15) is 0 Å². The average Bonchev–Trinajstić information content (AvgIpc) is 3.30. The molecule has 1 atom stereocenters. The molecule has 4 rings (SSSR count). The lowest BCUT2D eigenvalue weighted by Crippen LogP contribution is -2.51. The summed E-state index contributed by atoms with van der Waals surface area (Å²) in [6, 6.07) is 11.5. The minimum absolute atomic E-state index is 0.260. The van der Waals surface area contributed by atoms with Crippen LogP contribution >= 0.6 is 0 Å². The van der Waals surface area contributed by atoms with Crippen molar-refractivity contribution in [2.45, 2.75) is 57.4 Å². The lowest BCUT2D eigenvalue weighted by Gasteiger charge is -2.42. The first-order valence-corrected chi connectivity index (χ1v) is 11.6. The van der Waals surface area contributed by atoms with Gasteiger partial charge in [-0.05, 0) is 83.1 Å². The molecule has 0 bridgehead atoms. The van der Waals surface area contributed by atoms with Crippen LogP contribution in [-0.2, 0) is 11.2 Å². The Labute approximate surface area is 170 Å². The van der Waals surface area contributed by atoms with Gasteiger partial charge in [-0.1, -0.05) is 30.3 Å². The topological polar surface area (TPSA) is 26.8 Å². The highest BCUT2D eigenvalue weighted by molar-refractivity contribution is 5.79. The van der Waals surface area contributed by atoms with Gasteiger partial charge in [0, 0.05) is 25.7 Å². The fourth-order valence-electron chi connectivity index (χ4n) is 5.39. The lowest BCUT2D eigenvalue weighted by molar-refractivity contribution is -0.136. The Morgan fingerprint density at radius 2 is 1.64 bits per heavy atom. The highest BCUT2D eigenvalue weighted by Crippen LogP contribution is 2.26. The predicted molar refractivity (Wildman–Crippen MR) is 114 cm³/mol. The van der Waals surface area contributed by atoms with Crippen LogP contribution < -0.4 is 0 Å². The lowest BCUT2D eigenvalue weighted by atomic mass is 9.93. The highest BCUT2D eigenvalue weighted by atomic mass is 16.2. The molecule has 3 heterocycles. The third kappa shape index (κ3) is 5.15. The molecule has 4 heteroatoms. The maximum absolute atomic E-state index is 12.8. The molecule has 1 amide bonds. The van der Waals surface area contributed by atoms with Crippen molar-refractivity contribution >= 4 is 5.91 Å². The smallest absolute Gasteiger partial charge is 0.226 e. The van der Waals surface area contributed by atoms with Gasteiger partial charge in [-0.3, -0.25) is 9.69 Å². The summed E-state index contributed by atoms with van der Waals surface area (Å²) in [4.78, 5) is 20.2. The summed E-state index contributed by atoms with van der Waals surface area (Å²) in [7, 11) is 0. The minimum atomic E-state index is 0.260. The standard InChI is InChI=1S/C24H37N3O/c28-24(26-15-4-5-16-26)22-11-7-17-27(20-22)23-12-18-25(19-13-23)14-6-10-21-8-2-1-3-9-21/h1-3,8-9,22-23H,4-7,10-20H2/t22-/m1/s1. The summed E-state index contributed by atoms with van der Waals surface area (Å²) in [5.41, 5.74) is 1.46. The molecule has 3 fully saturated rings. The molecule has 0 spiro atoms. The Hall–Kier alpha value is -1.39. The molecule has 0 unspecified atom stereocenters. The van der Waals surface area contributed by atoms with Gasteiger partial charge >= 0.3 is 0 Å². The summed E-state index contributed by atoms with van der Waals surface area (Å²) < 4.78 is 0. The van der Waals surface area contributed by atoms with E-state index in [1.807, 2.05) is 0 Å². The van der Waals surface area contributed by atoms with E-state index in [1.165, 1.54) is 76.7 Å². The van der Waals surface area contributed by atoms with Crippen molar-refractivity contribution in [1.82, 2.24) is 14.7 Å². The second-order valence-electron chi connectivity index (χ2n) is 9.03. The van der Waals surface area contributed by atoms with Crippen molar-refractivity contribution < 1.29 is 4.79 Å². The van der Waals surface area contributed by atoms with E-state index < -0.39 is 0 Å². The van der Waals surface area contributed by atoms with E-state index >= 15 is 0 Å². The number of hydrogen-bond acceptors (Lipinski definition) is 3. The van der Waals surface area contributed by atoms with Gasteiger partial charge in [-0.15, -0.1) is 0 Å². The monoisotopic (exact) mass is 383 g/mol. The van der Waals surface area contributed by atoms with Gasteiger partial charge in [-0.25, -0.2) is 0 Å². The fraction of sp³-hybridized carbons (Fsp3) is 0.708. The summed E-state index contributed by atoms with van der Waals surface area (Å²) in [6.45, 7) is 7.86. The fourth-order valence-corrected chi connectivity index (χ4v) is 5.39. The number of piperidine rings is 2. The molecule has 0 aromatic heterocycles. The summed E-state index contributed by atoms with van der Waals surface area (Å²) in [6.07, 6.45) is 9.69. The molecule has 3 aliphatic rings. The zero-order chi connectivity index (χ0) is 19.2. The second-order valence-corrected chi connectivity index (χ2v) is 9.03. The molecule has 0 N–H and O–H groups in total. The highest BCUT2D eigenvalue weighted by Gasteiger charge is 2.34. The zero-order valence-electron chi connectivity index (χ0n) is 17.4. The first kappa shape index (κ1) is 19.9. The van der Waals surface area contributed by atoms with Gasteiger partial charge in [0.1, 0.15) is 0 Å². The number of carbonyl (C=O) groups excluding carboxylic acids is 1. The van der Waals surface area contributed by atoms with E-state index in [0.717, 1.165) is 26.1 Å². The number of hydrogen-bond donors (Lipinski definition) is 0. The van der Waals surface area contributed by atoms with E-state index in [-0.39, 0.29) is 5.92 Å². The Balaban J connectivity index is 1.18. The van der Waals surface area contributed by atoms with Gasteiger partial charge in [0.2, 0.25) is 5.91 Å². The van der Waals surface area contributed by atoms with E-state index in [2.05, 4.69) is 45.0 Å². The molecule has 4 nitrogen and oxygen atoms in total. The first-order chi connectivity index (χ1) is 13.8. The summed E-state index contributed by atoms with van der Waals surface area (Å²) in [5, 5.41) is 0. The largest absolute Gasteiger partial charge is 0.342 e. The molecule has 1 aromatic rings. The number of benzene rings is 1. The van der Waals surface area contributed by atoms with Crippen molar-refractivity contribution in [2.75, 3.05) is 45.8 Å². The van der Waals surface area contributed by atoms with Crippen LogP contribution in [0.3, 0.4) is 0 Å². The SMILES string of the molecule is O=C([C@@H]1CCCN(C2CCN(CCCc3ccccc3)CC2)C1)N1CCCC1. The van der Waals surface area contributed by atoms with Crippen molar-refractivity contribution in [3.05, 3.63) is 35.9 Å². The van der Waals surface area contributed by atoms with Crippen LogP contribution in [0.4, 0.5) is 0 Å². The van der Waals surface area contributed by atoms with Gasteiger partial charge in [0.15, 0.2) is 0 Å². The maximum Gasteiger partial charge on any atom is 0.226 e. The Kier molecular flexibility index (Phi) is 7.03. The van der Waals surface area contributed by atoms with Crippen LogP contribution in [0.25, 0.3) is 0 Å². The van der Waals surface area contributed by atoms with Gasteiger partial charge < -0.3 is 9.80 Å². The number of amides is 1. The van der Waals surface area contributed by atoms with Crippen molar-refractivity contribution in [2.24, 2.45) is 5.92 Å². The van der Waals surface area contributed by atoms with E-state index in [1.54, 1.807) is 0 Å². The molecular formula is C24H37N3O. The maximum atomic E-state index is 12.8. The average molecular weight is 384 g/mol. The van der Waals surface area contributed by atoms with Gasteiger partial charge in [0.25, 0.3) is 0 Å². The molecule has 1 aromatic carbocycles. The van der Waals surface area contributed by atoms with Crippen LogP contribution in [0.2, 0.25) is 0 Å². The normalized spacial score (nSPS) is 25.3. The van der Waals surface area contributed by atoms with Crippen LogP contribution in [0.1, 0.15) is 50.5 Å². The Bertz CT molecular complexity index is 606. The predicted octanol–water partition coefficient (Wildman–Crippen LogP) is 3.42. The van der Waals surface area contributed by atoms with Crippen LogP contribution in [0, 0.1) is 5.92 Å². The van der Waals surface area contributed by atoms with Crippen molar-refractivity contribution in [1.29, 1.82) is 0 Å². The number of rotatable bonds is 6. The Morgan fingerprint density at radius 1 is 0.893 bits per heavy atom. The quantitative estimate of drug-likeness (QED) is 0.753. The van der Waals surface area contributed by atoms with Gasteiger partial charge in [0.05, 0.1) is 5.92 Å². The molecule has 154 valence electrons. The van der Waals surface area contributed by atoms with E-state index in [0.29, 0.717) is 11.9 Å². The second kappa shape index (κ2) is 9.89. The summed E-state index contributed by atoms with van der Waals surface area (Å²) >= 11 is 0. The molecule has 3 aliphatic heterocycles. The minimum Gasteiger partial charge on any atom is -0.342 e. The van der Waals surface area contributed by atoms with Crippen molar-refractivity contribution in [3.8, 4) is 0 Å². The first-order valence-electron chi connectivity index (χ1n) is 11.6. The number of carbonyl (C=O) groups is 1. The zero-order valence-corrected chi connectivity index (χ0v) is 17.4. The molecule has 3 saturated heterocycles. The molecule has 0 radical (unpaired) electrons. The Morgan fingerprint density at radius 3 is 2.39 bits per heavy atom. The number of likely N-dealkylation sites (tertiary alicyclic amines) is 3. The molecule has 28 heavy (non-hydrogen) atoms. The van der Waals surface area contributed by atoms with E-state index in [9.17, 15) is 4.79 Å².